The number of pyridine rings is 1. The largest absolute Gasteiger partial charge is 0.371 e. The molecule has 0 saturated carbocycles. The molecule has 1 aromatic carbocycles. The van der Waals surface area contributed by atoms with Crippen molar-refractivity contribution in [3.8, 4) is 0 Å². The van der Waals surface area contributed by atoms with Gasteiger partial charge >= 0.3 is 0 Å². The summed E-state index contributed by atoms with van der Waals surface area (Å²) in [6.07, 6.45) is 6.76. The van der Waals surface area contributed by atoms with Crippen molar-refractivity contribution in [3.05, 3.63) is 58.9 Å². The van der Waals surface area contributed by atoms with E-state index in [-0.39, 0.29) is 0 Å². The number of aryl methyl sites for hydroxylation is 1. The van der Waals surface area contributed by atoms with Gasteiger partial charge in [0.25, 0.3) is 0 Å². The summed E-state index contributed by atoms with van der Waals surface area (Å²) < 4.78 is 0. The molecule has 1 aromatic heterocycles. The van der Waals surface area contributed by atoms with Crippen LogP contribution in [0.15, 0.2) is 36.5 Å². The number of likely N-dealkylation sites (N-methyl/N-ethyl adjacent to an activating group) is 1. The van der Waals surface area contributed by atoms with Crippen LogP contribution in [0.2, 0.25) is 0 Å². The van der Waals surface area contributed by atoms with Gasteiger partial charge in [-0.2, -0.15) is 0 Å². The predicted molar refractivity (Wildman–Crippen MR) is 125 cm³/mol. The molecule has 0 unspecified atom stereocenters. The topological polar surface area (TPSA) is 43.4 Å². The lowest BCUT2D eigenvalue weighted by Gasteiger charge is -2.37. The second-order valence-electron chi connectivity index (χ2n) is 10.2. The predicted octanol–water partition coefficient (Wildman–Crippen LogP) is 2.76. The minimum Gasteiger partial charge on any atom is -0.371 e. The van der Waals surface area contributed by atoms with E-state index in [1.54, 1.807) is 5.56 Å². The Bertz CT molecular complexity index is 931. The third-order valence-electron chi connectivity index (χ3n) is 8.22. The average Bonchev–Trinajstić information content (AvgIpc) is 3.41. The van der Waals surface area contributed by atoms with Gasteiger partial charge in [0.05, 0.1) is 11.7 Å². The van der Waals surface area contributed by atoms with Gasteiger partial charge in [-0.3, -0.25) is 9.88 Å². The summed E-state index contributed by atoms with van der Waals surface area (Å²) in [6.45, 7) is 6.89. The fraction of sp³-hybridized carbons (Fsp3) is 0.577. The van der Waals surface area contributed by atoms with E-state index in [4.69, 9.17) is 4.98 Å². The lowest BCUT2D eigenvalue weighted by atomic mass is 9.89. The van der Waals surface area contributed by atoms with E-state index < -0.39 is 0 Å². The molecule has 164 valence electrons. The highest BCUT2D eigenvalue weighted by Crippen LogP contribution is 2.36. The smallest absolute Gasteiger partial charge is 0.0607 e. The molecule has 0 amide bonds. The number of nitrogens with zero attached hydrogens (tertiary/aromatic N) is 3. The number of hydrogen-bond donors (Lipinski definition) is 2. The number of nitrogens with one attached hydrogen (secondary N) is 2. The zero-order chi connectivity index (χ0) is 20.8. The quantitative estimate of drug-likeness (QED) is 0.801. The van der Waals surface area contributed by atoms with Gasteiger partial charge in [0, 0.05) is 57.2 Å². The highest BCUT2D eigenvalue weighted by atomic mass is 15.2. The highest BCUT2D eigenvalue weighted by molar-refractivity contribution is 5.59. The maximum absolute atomic E-state index is 4.77. The summed E-state index contributed by atoms with van der Waals surface area (Å²) in [5, 5.41) is 7.41. The summed E-state index contributed by atoms with van der Waals surface area (Å²) in [7, 11) is 2.30. The maximum Gasteiger partial charge on any atom is 0.0607 e. The first-order valence-corrected chi connectivity index (χ1v) is 12.2. The van der Waals surface area contributed by atoms with Crippen molar-refractivity contribution in [2.24, 2.45) is 11.8 Å². The Morgan fingerprint density at radius 3 is 2.81 bits per heavy atom. The van der Waals surface area contributed by atoms with Crippen LogP contribution < -0.4 is 15.5 Å². The molecular weight excluding hydrogens is 382 g/mol. The van der Waals surface area contributed by atoms with Crippen molar-refractivity contribution in [2.45, 2.75) is 44.3 Å². The Kier molecular flexibility index (Phi) is 5.21. The first-order chi connectivity index (χ1) is 15.3. The summed E-state index contributed by atoms with van der Waals surface area (Å²) >= 11 is 0. The average molecular weight is 418 g/mol. The van der Waals surface area contributed by atoms with Crippen LogP contribution in [0, 0.1) is 11.8 Å². The Labute approximate surface area is 186 Å². The first kappa shape index (κ1) is 19.7. The number of rotatable bonds is 4. The van der Waals surface area contributed by atoms with Gasteiger partial charge in [-0.1, -0.05) is 18.2 Å². The zero-order valence-electron chi connectivity index (χ0n) is 18.7. The van der Waals surface area contributed by atoms with Crippen molar-refractivity contribution in [1.82, 2.24) is 20.5 Å². The van der Waals surface area contributed by atoms with Crippen molar-refractivity contribution >= 4 is 5.69 Å². The van der Waals surface area contributed by atoms with Gasteiger partial charge in [0.2, 0.25) is 0 Å². The van der Waals surface area contributed by atoms with E-state index in [0.717, 1.165) is 31.3 Å². The fourth-order valence-electron chi connectivity index (χ4n) is 6.56. The van der Waals surface area contributed by atoms with Crippen molar-refractivity contribution in [3.63, 3.8) is 0 Å². The van der Waals surface area contributed by atoms with Gasteiger partial charge in [-0.15, -0.1) is 0 Å². The lowest BCUT2D eigenvalue weighted by Crippen LogP contribution is -2.45. The molecule has 4 atom stereocenters. The number of aromatic nitrogens is 1. The van der Waals surface area contributed by atoms with Crippen LogP contribution in [0.25, 0.3) is 0 Å². The van der Waals surface area contributed by atoms with E-state index in [9.17, 15) is 0 Å². The van der Waals surface area contributed by atoms with E-state index in [2.05, 4.69) is 57.8 Å². The molecule has 1 aliphatic carbocycles. The van der Waals surface area contributed by atoms with Gasteiger partial charge in [0.15, 0.2) is 0 Å². The third-order valence-corrected chi connectivity index (χ3v) is 8.22. The van der Waals surface area contributed by atoms with Crippen LogP contribution in [-0.4, -0.2) is 55.7 Å². The fourth-order valence-corrected chi connectivity index (χ4v) is 6.56. The molecule has 0 bridgehead atoms. The number of anilines is 1. The Morgan fingerprint density at radius 2 is 1.94 bits per heavy atom. The van der Waals surface area contributed by atoms with Gasteiger partial charge in [-0.25, -0.2) is 0 Å². The molecule has 2 aromatic rings. The zero-order valence-corrected chi connectivity index (χ0v) is 18.7. The second-order valence-corrected chi connectivity index (χ2v) is 10.2. The maximum atomic E-state index is 4.77. The summed E-state index contributed by atoms with van der Waals surface area (Å²) in [5.41, 5.74) is 7.35. The molecule has 2 N–H and O–H groups in total. The van der Waals surface area contributed by atoms with Crippen LogP contribution in [0.4, 0.5) is 5.69 Å². The van der Waals surface area contributed by atoms with Crippen LogP contribution >= 0.6 is 0 Å². The van der Waals surface area contributed by atoms with Crippen molar-refractivity contribution < 1.29 is 0 Å². The molecule has 4 aliphatic rings. The molecule has 2 saturated heterocycles. The standard InChI is InChI=1S/C26H35N5/c1-30(25-9-2-5-18-7-4-10-28-26(18)25)17-22-11-23-19(14-29-22)6-3-8-24(23)31-15-20-12-27-13-21(20)16-31/h3-4,6-8,10,20-22,25,27,29H,2,5,9,11-17H2,1H3/t20-,21+,22-,25+/m1/s1. The van der Waals surface area contributed by atoms with Crippen molar-refractivity contribution in [1.29, 1.82) is 0 Å². The minimum absolute atomic E-state index is 0.453. The molecule has 6 rings (SSSR count). The minimum atomic E-state index is 0.453. The molecule has 5 nitrogen and oxygen atoms in total. The third kappa shape index (κ3) is 3.67. The molecule has 4 heterocycles. The molecule has 0 spiro atoms. The van der Waals surface area contributed by atoms with Crippen LogP contribution in [0.3, 0.4) is 0 Å². The summed E-state index contributed by atoms with van der Waals surface area (Å²) in [5.74, 6) is 1.66. The molecule has 5 heteroatoms. The Balaban J connectivity index is 1.18. The summed E-state index contributed by atoms with van der Waals surface area (Å²) in [4.78, 5) is 10.0. The summed E-state index contributed by atoms with van der Waals surface area (Å²) in [6, 6.07) is 12.3. The van der Waals surface area contributed by atoms with E-state index in [0.29, 0.717) is 12.1 Å². The number of hydrogen-bond acceptors (Lipinski definition) is 5. The normalized spacial score (nSPS) is 29.7. The highest BCUT2D eigenvalue weighted by Gasteiger charge is 2.37. The molecular formula is C26H35N5. The SMILES string of the molecule is CN(C[C@H]1Cc2c(cccc2N2C[C@H]3CNC[C@H]3C2)CN1)[C@H]1CCCc2cccnc21. The van der Waals surface area contributed by atoms with E-state index >= 15 is 0 Å². The van der Waals surface area contributed by atoms with Crippen LogP contribution in [0.1, 0.15) is 41.3 Å². The van der Waals surface area contributed by atoms with Gasteiger partial charge in [-0.05, 0) is 73.4 Å². The van der Waals surface area contributed by atoms with Crippen LogP contribution in [0.5, 0.6) is 0 Å². The number of fused-ring (bicyclic) bond motifs is 3. The van der Waals surface area contributed by atoms with Crippen molar-refractivity contribution in [2.75, 3.05) is 44.7 Å². The monoisotopic (exact) mass is 417 g/mol. The lowest BCUT2D eigenvalue weighted by molar-refractivity contribution is 0.191. The Morgan fingerprint density at radius 1 is 1.10 bits per heavy atom. The van der Waals surface area contributed by atoms with E-state index in [1.165, 1.54) is 67.9 Å². The Hall–Kier alpha value is -1.95. The molecule has 3 aliphatic heterocycles. The second kappa shape index (κ2) is 8.19. The van der Waals surface area contributed by atoms with E-state index in [1.807, 2.05) is 6.20 Å². The number of benzene rings is 1. The molecule has 0 radical (unpaired) electrons. The van der Waals surface area contributed by atoms with Gasteiger partial charge < -0.3 is 15.5 Å². The van der Waals surface area contributed by atoms with Crippen LogP contribution in [-0.2, 0) is 19.4 Å². The first-order valence-electron chi connectivity index (χ1n) is 12.2. The molecule has 31 heavy (non-hydrogen) atoms. The molecule has 2 fully saturated rings. The van der Waals surface area contributed by atoms with Gasteiger partial charge in [0.1, 0.15) is 0 Å².